The van der Waals surface area contributed by atoms with Gasteiger partial charge in [-0.25, -0.2) is 0 Å². The lowest BCUT2D eigenvalue weighted by Crippen LogP contribution is -2.30. The molecule has 2 aliphatic rings. The highest BCUT2D eigenvalue weighted by atomic mass is 16.5. The first-order valence-corrected chi connectivity index (χ1v) is 7.92. The van der Waals surface area contributed by atoms with Crippen LogP contribution in [0.5, 0.6) is 0 Å². The van der Waals surface area contributed by atoms with E-state index in [1.165, 1.54) is 6.42 Å². The van der Waals surface area contributed by atoms with Crippen molar-refractivity contribution in [1.29, 1.82) is 0 Å². The Hall–Kier alpha value is -0.340. The van der Waals surface area contributed by atoms with Gasteiger partial charge in [0.25, 0.3) is 0 Å². The summed E-state index contributed by atoms with van der Waals surface area (Å²) in [6.07, 6.45) is 6.16. The summed E-state index contributed by atoms with van der Waals surface area (Å²) in [5, 5.41) is 0. The van der Waals surface area contributed by atoms with E-state index in [-0.39, 0.29) is 5.41 Å². The van der Waals surface area contributed by atoms with Crippen LogP contribution in [0.15, 0.2) is 12.2 Å². The third kappa shape index (κ3) is 3.22. The fraction of sp³-hybridized carbons (Fsp3) is 0.882. The fourth-order valence-corrected chi connectivity index (χ4v) is 3.61. The molecule has 19 heavy (non-hydrogen) atoms. The van der Waals surface area contributed by atoms with E-state index in [1.807, 2.05) is 0 Å². The van der Waals surface area contributed by atoms with Gasteiger partial charge in [0.05, 0.1) is 13.2 Å². The van der Waals surface area contributed by atoms with E-state index in [9.17, 15) is 0 Å². The van der Waals surface area contributed by atoms with Gasteiger partial charge in [0, 0.05) is 12.0 Å². The Balaban J connectivity index is 1.72. The molecule has 0 heterocycles. The van der Waals surface area contributed by atoms with Crippen LogP contribution >= 0.6 is 0 Å². The van der Waals surface area contributed by atoms with Crippen LogP contribution < -0.4 is 0 Å². The average molecular weight is 265 g/mol. The van der Waals surface area contributed by atoms with Crippen LogP contribution in [-0.4, -0.2) is 37.7 Å². The second kappa shape index (κ2) is 5.57. The fourth-order valence-electron chi connectivity index (χ4n) is 3.61. The maximum Gasteiger partial charge on any atom is 0.0593 e. The monoisotopic (exact) mass is 265 g/mol. The molecular formula is C17H31NO. The summed E-state index contributed by atoms with van der Waals surface area (Å²) in [6.45, 7) is 16.6. The molecule has 0 aliphatic heterocycles. The molecule has 0 spiro atoms. The van der Waals surface area contributed by atoms with E-state index in [0.29, 0.717) is 5.41 Å². The predicted octanol–water partition coefficient (Wildman–Crippen LogP) is 3.58. The van der Waals surface area contributed by atoms with Gasteiger partial charge in [0.2, 0.25) is 0 Å². The van der Waals surface area contributed by atoms with E-state index in [4.69, 9.17) is 4.74 Å². The van der Waals surface area contributed by atoms with Gasteiger partial charge in [-0.1, -0.05) is 46.8 Å². The summed E-state index contributed by atoms with van der Waals surface area (Å²) in [4.78, 5) is 2.42. The molecule has 3 atom stereocenters. The molecule has 2 aliphatic carbocycles. The summed E-state index contributed by atoms with van der Waals surface area (Å²) < 4.78 is 5.95. The second-order valence-electron chi connectivity index (χ2n) is 7.25. The Labute approximate surface area is 119 Å². The van der Waals surface area contributed by atoms with Crippen LogP contribution in [0.3, 0.4) is 0 Å². The van der Waals surface area contributed by atoms with Gasteiger partial charge in [-0.2, -0.15) is 0 Å². The third-order valence-electron chi connectivity index (χ3n) is 5.41. The van der Waals surface area contributed by atoms with Crippen LogP contribution in [0.1, 0.15) is 41.0 Å². The zero-order valence-electron chi connectivity index (χ0n) is 13.4. The molecule has 2 heteroatoms. The number of hydrogen-bond acceptors (Lipinski definition) is 2. The van der Waals surface area contributed by atoms with E-state index in [2.05, 4.69) is 51.7 Å². The molecule has 1 fully saturated rings. The minimum Gasteiger partial charge on any atom is -0.379 e. The second-order valence-corrected chi connectivity index (χ2v) is 7.25. The molecule has 0 saturated heterocycles. The zero-order chi connectivity index (χ0) is 14.1. The molecule has 0 aromatic carbocycles. The first kappa shape index (κ1) is 15.1. The SMILES string of the molecule is CCN(CC)CCOCC1(C)C=CC2C(C1)C2(C)C. The van der Waals surface area contributed by atoms with Crippen molar-refractivity contribution in [1.82, 2.24) is 4.90 Å². The molecular weight excluding hydrogens is 234 g/mol. The van der Waals surface area contributed by atoms with Crippen molar-refractivity contribution >= 4 is 0 Å². The Bertz CT molecular complexity index is 332. The van der Waals surface area contributed by atoms with Crippen molar-refractivity contribution in [2.45, 2.75) is 41.0 Å². The zero-order valence-corrected chi connectivity index (χ0v) is 13.4. The van der Waals surface area contributed by atoms with Crippen LogP contribution in [0.25, 0.3) is 0 Å². The summed E-state index contributed by atoms with van der Waals surface area (Å²) in [5.41, 5.74) is 0.799. The molecule has 2 rings (SSSR count). The Morgan fingerprint density at radius 1 is 1.21 bits per heavy atom. The Kier molecular flexibility index (Phi) is 4.42. The quantitative estimate of drug-likeness (QED) is 0.515. The number of nitrogens with zero attached hydrogens (tertiary/aromatic N) is 1. The number of rotatable bonds is 7. The number of hydrogen-bond donors (Lipinski definition) is 0. The molecule has 3 unspecified atom stereocenters. The maximum atomic E-state index is 5.95. The number of allylic oxidation sites excluding steroid dienone is 1. The third-order valence-corrected chi connectivity index (χ3v) is 5.41. The van der Waals surface area contributed by atoms with Gasteiger partial charge >= 0.3 is 0 Å². The average Bonchev–Trinajstić information content (AvgIpc) is 2.90. The van der Waals surface area contributed by atoms with Crippen LogP contribution in [-0.2, 0) is 4.74 Å². The van der Waals surface area contributed by atoms with Crippen LogP contribution in [0.4, 0.5) is 0 Å². The Morgan fingerprint density at radius 3 is 2.47 bits per heavy atom. The molecule has 2 nitrogen and oxygen atoms in total. The van der Waals surface area contributed by atoms with Gasteiger partial charge in [-0.15, -0.1) is 0 Å². The standard InChI is InChI=1S/C17H31NO/c1-6-18(7-2)10-11-19-13-17(5)9-8-14-15(12-17)16(14,3)4/h8-9,14-15H,6-7,10-13H2,1-5H3. The highest BCUT2D eigenvalue weighted by Gasteiger charge is 2.59. The molecule has 0 bridgehead atoms. The molecule has 0 aromatic heterocycles. The van der Waals surface area contributed by atoms with E-state index in [0.717, 1.165) is 44.7 Å². The predicted molar refractivity (Wildman–Crippen MR) is 81.2 cm³/mol. The minimum absolute atomic E-state index is 0.262. The molecule has 0 amide bonds. The van der Waals surface area contributed by atoms with Gasteiger partial charge in [0.1, 0.15) is 0 Å². The lowest BCUT2D eigenvalue weighted by atomic mass is 9.81. The van der Waals surface area contributed by atoms with Crippen molar-refractivity contribution < 1.29 is 4.74 Å². The smallest absolute Gasteiger partial charge is 0.0593 e. The summed E-state index contributed by atoms with van der Waals surface area (Å²) in [7, 11) is 0. The highest BCUT2D eigenvalue weighted by Crippen LogP contribution is 2.65. The van der Waals surface area contributed by atoms with Crippen molar-refractivity contribution in [2.75, 3.05) is 32.8 Å². The van der Waals surface area contributed by atoms with E-state index < -0.39 is 0 Å². The van der Waals surface area contributed by atoms with Crippen molar-refractivity contribution in [2.24, 2.45) is 22.7 Å². The van der Waals surface area contributed by atoms with E-state index >= 15 is 0 Å². The highest BCUT2D eigenvalue weighted by molar-refractivity contribution is 5.22. The maximum absolute atomic E-state index is 5.95. The van der Waals surface area contributed by atoms with Crippen LogP contribution in [0, 0.1) is 22.7 Å². The number of likely N-dealkylation sites (N-methyl/N-ethyl adjacent to an activating group) is 1. The largest absolute Gasteiger partial charge is 0.379 e. The summed E-state index contributed by atoms with van der Waals surface area (Å²) in [6, 6.07) is 0. The van der Waals surface area contributed by atoms with Gasteiger partial charge in [-0.3, -0.25) is 0 Å². The van der Waals surface area contributed by atoms with Crippen molar-refractivity contribution in [3.05, 3.63) is 12.2 Å². The van der Waals surface area contributed by atoms with Gasteiger partial charge < -0.3 is 9.64 Å². The first-order chi connectivity index (χ1) is 8.93. The lowest BCUT2D eigenvalue weighted by molar-refractivity contribution is 0.0520. The van der Waals surface area contributed by atoms with Gasteiger partial charge in [-0.05, 0) is 36.8 Å². The molecule has 110 valence electrons. The topological polar surface area (TPSA) is 12.5 Å². The first-order valence-electron chi connectivity index (χ1n) is 7.92. The van der Waals surface area contributed by atoms with E-state index in [1.54, 1.807) is 0 Å². The van der Waals surface area contributed by atoms with Crippen molar-refractivity contribution in [3.8, 4) is 0 Å². The molecule has 0 N–H and O–H groups in total. The summed E-state index contributed by atoms with van der Waals surface area (Å²) >= 11 is 0. The normalized spacial score (nSPS) is 35.5. The molecule has 1 saturated carbocycles. The summed E-state index contributed by atoms with van der Waals surface area (Å²) in [5.74, 6) is 1.71. The van der Waals surface area contributed by atoms with Gasteiger partial charge in [0.15, 0.2) is 0 Å². The Morgan fingerprint density at radius 2 is 1.89 bits per heavy atom. The number of fused-ring (bicyclic) bond motifs is 1. The lowest BCUT2D eigenvalue weighted by Gasteiger charge is -2.29. The molecule has 0 radical (unpaired) electrons. The van der Waals surface area contributed by atoms with Crippen LogP contribution in [0.2, 0.25) is 0 Å². The number of ether oxygens (including phenoxy) is 1. The minimum atomic E-state index is 0.262. The van der Waals surface area contributed by atoms with Crippen molar-refractivity contribution in [3.63, 3.8) is 0 Å². The molecule has 0 aromatic rings.